The van der Waals surface area contributed by atoms with Crippen LogP contribution in [0, 0.1) is 11.7 Å². The number of pyridine rings is 1. The molecule has 4 nitrogen and oxygen atoms in total. The van der Waals surface area contributed by atoms with E-state index in [-0.39, 0.29) is 11.5 Å². The molecule has 0 radical (unpaired) electrons. The van der Waals surface area contributed by atoms with Crippen LogP contribution in [0.15, 0.2) is 79.3 Å². The van der Waals surface area contributed by atoms with Gasteiger partial charge in [-0.2, -0.15) is 13.2 Å². The molecule has 2 aromatic carbocycles. The van der Waals surface area contributed by atoms with Gasteiger partial charge in [-0.25, -0.2) is 14.2 Å². The second kappa shape index (κ2) is 9.69. The van der Waals surface area contributed by atoms with Crippen LogP contribution in [0.5, 0.6) is 0 Å². The summed E-state index contributed by atoms with van der Waals surface area (Å²) < 4.78 is 58.3. The summed E-state index contributed by atoms with van der Waals surface area (Å²) in [6, 6.07) is 13.5. The molecule has 0 amide bonds. The van der Waals surface area contributed by atoms with Crippen molar-refractivity contribution in [1.29, 1.82) is 0 Å². The van der Waals surface area contributed by atoms with Crippen LogP contribution in [0.25, 0.3) is 22.9 Å². The first kappa shape index (κ1) is 24.5. The van der Waals surface area contributed by atoms with Gasteiger partial charge in [-0.3, -0.25) is 0 Å². The maximum Gasteiger partial charge on any atom is 0.417 e. The summed E-state index contributed by atoms with van der Waals surface area (Å²) in [5, 5.41) is 8.92. The van der Waals surface area contributed by atoms with E-state index in [2.05, 4.69) is 4.98 Å². The topological polar surface area (TPSA) is 54.6 Å². The Morgan fingerprint density at radius 1 is 1.03 bits per heavy atom. The lowest BCUT2D eigenvalue weighted by atomic mass is 9.72. The zero-order valence-corrected chi connectivity index (χ0v) is 19.5. The number of halogens is 4. The molecule has 1 fully saturated rings. The molecular weight excluding hydrogens is 484 g/mol. The Hall–Kier alpha value is -4.20. The molecule has 2 aromatic heterocycles. The molecule has 1 N–H and O–H groups in total. The number of carbonyl (C=O) groups is 1. The van der Waals surface area contributed by atoms with Crippen molar-refractivity contribution in [3.05, 3.63) is 113 Å². The lowest BCUT2D eigenvalue weighted by molar-refractivity contribution is -0.138. The van der Waals surface area contributed by atoms with E-state index in [1.165, 1.54) is 12.1 Å². The fourth-order valence-electron chi connectivity index (χ4n) is 4.72. The number of alkyl halides is 3. The van der Waals surface area contributed by atoms with E-state index >= 15 is 0 Å². The van der Waals surface area contributed by atoms with Crippen molar-refractivity contribution in [3.8, 4) is 0 Å². The van der Waals surface area contributed by atoms with Gasteiger partial charge in [0.1, 0.15) is 11.5 Å². The summed E-state index contributed by atoms with van der Waals surface area (Å²) in [7, 11) is 0. The second-order valence-electron chi connectivity index (χ2n) is 9.01. The third kappa shape index (κ3) is 5.05. The Balaban J connectivity index is 1.80. The van der Waals surface area contributed by atoms with Crippen LogP contribution < -0.4 is 0 Å². The van der Waals surface area contributed by atoms with Crippen LogP contribution in [0.2, 0.25) is 0 Å². The highest BCUT2D eigenvalue weighted by Gasteiger charge is 2.38. The van der Waals surface area contributed by atoms with Gasteiger partial charge in [0.25, 0.3) is 0 Å². The van der Waals surface area contributed by atoms with E-state index in [1.807, 2.05) is 12.3 Å². The third-order valence-corrected chi connectivity index (χ3v) is 6.66. The summed E-state index contributed by atoms with van der Waals surface area (Å²) in [6.07, 6.45) is 5.29. The number of aliphatic carboxylic acids is 1. The van der Waals surface area contributed by atoms with Gasteiger partial charge in [-0.15, -0.1) is 0 Å². The average molecular weight is 506 g/mol. The standard InChI is InChI=1S/C29H22F4N2O2/c30-22-10-11-23(24(16-22)29(31,32)33)28(19-2-1-3-19)27(21-9-12-25-34-14-15-35(25)17-21)20-7-4-18(5-8-20)6-13-26(36)37/h4-17,19H,1-3H2,(H,36,37). The molecule has 188 valence electrons. The minimum Gasteiger partial charge on any atom is -0.478 e. The van der Waals surface area contributed by atoms with Crippen molar-refractivity contribution in [2.45, 2.75) is 25.4 Å². The fourth-order valence-corrected chi connectivity index (χ4v) is 4.72. The van der Waals surface area contributed by atoms with Gasteiger partial charge in [0, 0.05) is 24.7 Å². The molecule has 0 aliphatic heterocycles. The molecular formula is C29H22F4N2O2. The van der Waals surface area contributed by atoms with Gasteiger partial charge < -0.3 is 9.51 Å². The predicted molar refractivity (Wildman–Crippen MR) is 133 cm³/mol. The largest absolute Gasteiger partial charge is 0.478 e. The number of hydrogen-bond donors (Lipinski definition) is 1. The molecule has 0 bridgehead atoms. The van der Waals surface area contributed by atoms with E-state index in [1.54, 1.807) is 47.1 Å². The number of imidazole rings is 1. The van der Waals surface area contributed by atoms with Gasteiger partial charge in [0.05, 0.1) is 5.56 Å². The quantitative estimate of drug-likeness (QED) is 0.169. The zero-order chi connectivity index (χ0) is 26.2. The Morgan fingerprint density at radius 2 is 1.76 bits per heavy atom. The van der Waals surface area contributed by atoms with Crippen molar-refractivity contribution in [2.24, 2.45) is 5.92 Å². The van der Waals surface area contributed by atoms with Crippen LogP contribution in [0.4, 0.5) is 17.6 Å². The van der Waals surface area contributed by atoms with E-state index in [4.69, 9.17) is 5.11 Å². The first-order chi connectivity index (χ1) is 17.7. The number of rotatable bonds is 6. The normalized spacial score (nSPS) is 15.1. The third-order valence-electron chi connectivity index (χ3n) is 6.66. The minimum atomic E-state index is -4.74. The van der Waals surface area contributed by atoms with Crippen LogP contribution in [-0.4, -0.2) is 20.5 Å². The second-order valence-corrected chi connectivity index (χ2v) is 9.01. The first-order valence-electron chi connectivity index (χ1n) is 11.8. The number of benzene rings is 2. The lowest BCUT2D eigenvalue weighted by Crippen LogP contribution is -2.19. The maximum absolute atomic E-state index is 14.2. The monoisotopic (exact) mass is 506 g/mol. The highest BCUT2D eigenvalue weighted by atomic mass is 19.4. The number of hydrogen-bond acceptors (Lipinski definition) is 2. The van der Waals surface area contributed by atoms with Crippen molar-refractivity contribution in [2.75, 3.05) is 0 Å². The minimum absolute atomic E-state index is 0.0332. The summed E-state index contributed by atoms with van der Waals surface area (Å²) >= 11 is 0. The molecule has 1 aliphatic carbocycles. The Bertz CT molecular complexity index is 1530. The van der Waals surface area contributed by atoms with Gasteiger partial charge >= 0.3 is 12.1 Å². The van der Waals surface area contributed by atoms with Gasteiger partial charge in [0.2, 0.25) is 0 Å². The van der Waals surface area contributed by atoms with Gasteiger partial charge in [0.15, 0.2) is 0 Å². The van der Waals surface area contributed by atoms with Crippen molar-refractivity contribution in [3.63, 3.8) is 0 Å². The van der Waals surface area contributed by atoms with Crippen LogP contribution in [0.1, 0.15) is 47.1 Å². The van der Waals surface area contributed by atoms with E-state index in [9.17, 15) is 22.4 Å². The average Bonchev–Trinajstić information content (AvgIpc) is 3.29. The highest BCUT2D eigenvalue weighted by molar-refractivity contribution is 6.00. The van der Waals surface area contributed by atoms with Gasteiger partial charge in [-0.1, -0.05) is 36.8 Å². The predicted octanol–water partition coefficient (Wildman–Crippen LogP) is 7.35. The number of nitrogens with zero attached hydrogens (tertiary/aromatic N) is 2. The molecule has 0 spiro atoms. The lowest BCUT2D eigenvalue weighted by Gasteiger charge is -2.33. The molecule has 1 saturated carbocycles. The SMILES string of the molecule is O=C(O)C=Cc1ccc(C(=C(c2ccc(F)cc2C(F)(F)F)C2CCC2)c2ccc3nccn3c2)cc1. The summed E-state index contributed by atoms with van der Waals surface area (Å²) in [5.74, 6) is -2.16. The smallest absolute Gasteiger partial charge is 0.417 e. The van der Waals surface area contributed by atoms with Gasteiger partial charge in [-0.05, 0) is 82.5 Å². The van der Waals surface area contributed by atoms with E-state index < -0.39 is 23.5 Å². The van der Waals surface area contributed by atoms with Crippen molar-refractivity contribution in [1.82, 2.24) is 9.38 Å². The Labute approximate surface area is 210 Å². The number of carboxylic acid groups (broad SMARTS) is 1. The zero-order valence-electron chi connectivity index (χ0n) is 19.5. The van der Waals surface area contributed by atoms with E-state index in [0.29, 0.717) is 39.6 Å². The van der Waals surface area contributed by atoms with Crippen molar-refractivity contribution < 1.29 is 27.5 Å². The van der Waals surface area contributed by atoms with Crippen molar-refractivity contribution >= 4 is 28.8 Å². The number of carboxylic acids is 1. The molecule has 0 unspecified atom stereocenters. The Kier molecular flexibility index (Phi) is 6.41. The maximum atomic E-state index is 14.2. The van der Waals surface area contributed by atoms with Crippen LogP contribution >= 0.6 is 0 Å². The Morgan fingerprint density at radius 3 is 2.41 bits per heavy atom. The molecule has 37 heavy (non-hydrogen) atoms. The molecule has 0 atom stereocenters. The number of allylic oxidation sites excluding steroid dienone is 1. The molecule has 4 aromatic rings. The van der Waals surface area contributed by atoms with E-state index in [0.717, 1.165) is 31.4 Å². The first-order valence-corrected chi connectivity index (χ1v) is 11.8. The summed E-state index contributed by atoms with van der Waals surface area (Å²) in [4.78, 5) is 15.2. The fraction of sp³-hybridized carbons (Fsp3) is 0.172. The number of fused-ring (bicyclic) bond motifs is 1. The van der Waals surface area contributed by atoms with Crippen LogP contribution in [-0.2, 0) is 11.0 Å². The molecule has 0 saturated heterocycles. The summed E-state index contributed by atoms with van der Waals surface area (Å²) in [6.45, 7) is 0. The molecule has 5 rings (SSSR count). The molecule has 8 heteroatoms. The highest BCUT2D eigenvalue weighted by Crippen LogP contribution is 2.48. The van der Waals surface area contributed by atoms with Crippen LogP contribution in [0.3, 0.4) is 0 Å². The summed E-state index contributed by atoms with van der Waals surface area (Å²) in [5.41, 5.74) is 2.80. The number of aromatic nitrogens is 2. The molecule has 1 aliphatic rings. The molecule has 2 heterocycles.